The number of alkyl halides is 3. The van der Waals surface area contributed by atoms with Crippen molar-refractivity contribution in [1.82, 2.24) is 25.9 Å². The number of nitrogens with one attached hydrogen (secondary N) is 2. The van der Waals surface area contributed by atoms with E-state index in [4.69, 9.17) is 11.6 Å². The van der Waals surface area contributed by atoms with E-state index in [1.165, 1.54) is 0 Å². The van der Waals surface area contributed by atoms with Crippen LogP contribution in [0, 0.1) is 5.92 Å². The third kappa shape index (κ3) is 5.62. The number of halogens is 4. The van der Waals surface area contributed by atoms with Crippen molar-refractivity contribution in [3.63, 3.8) is 0 Å². The van der Waals surface area contributed by atoms with Crippen molar-refractivity contribution >= 4 is 29.1 Å². The van der Waals surface area contributed by atoms with Crippen LogP contribution in [0.4, 0.5) is 24.8 Å². The molecule has 3 aromatic rings. The molecule has 0 spiro atoms. The maximum Gasteiger partial charge on any atom is 0.416 e. The van der Waals surface area contributed by atoms with Crippen LogP contribution in [0.2, 0.25) is 5.02 Å². The minimum absolute atomic E-state index is 0.00667. The van der Waals surface area contributed by atoms with Crippen LogP contribution < -0.4 is 10.2 Å². The number of para-hydroxylation sites is 1. The number of carbonyl (C=O) groups is 1. The molecule has 0 saturated heterocycles. The second-order valence-corrected chi connectivity index (χ2v) is 8.45. The van der Waals surface area contributed by atoms with Crippen molar-refractivity contribution in [2.24, 2.45) is 5.92 Å². The molecule has 1 aliphatic rings. The molecule has 11 heteroatoms. The summed E-state index contributed by atoms with van der Waals surface area (Å²) in [6, 6.07) is 12.4. The van der Waals surface area contributed by atoms with Gasteiger partial charge in [0, 0.05) is 18.3 Å². The number of hydrogen-bond donors (Lipinski definition) is 2. The third-order valence-corrected chi connectivity index (χ3v) is 6.13. The molecule has 2 N–H and O–H groups in total. The normalized spacial score (nSPS) is 18.7. The number of benzene rings is 2. The Balaban J connectivity index is 1.37. The van der Waals surface area contributed by atoms with Gasteiger partial charge in [0.25, 0.3) is 11.9 Å². The topological polar surface area (TPSA) is 86.8 Å². The lowest BCUT2D eigenvalue weighted by molar-refractivity contribution is -0.137. The quantitative estimate of drug-likeness (QED) is 0.520. The van der Waals surface area contributed by atoms with E-state index in [1.54, 1.807) is 0 Å². The van der Waals surface area contributed by atoms with Crippen molar-refractivity contribution in [2.45, 2.75) is 37.9 Å². The molecule has 1 heterocycles. The first-order valence-electron chi connectivity index (χ1n) is 10.5. The van der Waals surface area contributed by atoms with Crippen LogP contribution in [-0.2, 0) is 6.18 Å². The molecular formula is C22H22ClF3N6O. The smallest absolute Gasteiger partial charge is 0.349 e. The molecule has 0 unspecified atom stereocenters. The van der Waals surface area contributed by atoms with Gasteiger partial charge in [0.2, 0.25) is 0 Å². The second kappa shape index (κ2) is 9.78. The lowest BCUT2D eigenvalue weighted by atomic mass is 9.85. The van der Waals surface area contributed by atoms with Crippen LogP contribution in [0.3, 0.4) is 0 Å². The van der Waals surface area contributed by atoms with Gasteiger partial charge in [-0.3, -0.25) is 4.79 Å². The highest BCUT2D eigenvalue weighted by Gasteiger charge is 2.32. The fourth-order valence-electron chi connectivity index (χ4n) is 4.07. The molecule has 4 rings (SSSR count). The lowest BCUT2D eigenvalue weighted by Crippen LogP contribution is -2.39. The van der Waals surface area contributed by atoms with E-state index in [-0.39, 0.29) is 16.6 Å². The summed E-state index contributed by atoms with van der Waals surface area (Å²) >= 11 is 5.99. The largest absolute Gasteiger partial charge is 0.416 e. The summed E-state index contributed by atoms with van der Waals surface area (Å²) in [6.07, 6.45) is -1.45. The third-order valence-electron chi connectivity index (χ3n) is 5.80. The maximum atomic E-state index is 13.0. The van der Waals surface area contributed by atoms with Crippen LogP contribution in [0.25, 0.3) is 0 Å². The summed E-state index contributed by atoms with van der Waals surface area (Å²) in [6.45, 7) is 0.684. The minimum atomic E-state index is -4.54. The minimum Gasteiger partial charge on any atom is -0.349 e. The number of amides is 1. The van der Waals surface area contributed by atoms with Gasteiger partial charge in [-0.25, -0.2) is 0 Å². The summed E-state index contributed by atoms with van der Waals surface area (Å²) in [4.78, 5) is 14.6. The molecule has 1 amide bonds. The first-order valence-corrected chi connectivity index (χ1v) is 10.9. The van der Waals surface area contributed by atoms with Gasteiger partial charge in [0.1, 0.15) is 0 Å². The number of rotatable bonds is 6. The first-order chi connectivity index (χ1) is 15.8. The average molecular weight is 479 g/mol. The predicted molar refractivity (Wildman–Crippen MR) is 117 cm³/mol. The lowest BCUT2D eigenvalue weighted by Gasteiger charge is -2.32. The fraction of sp³-hybridized carbons (Fsp3) is 0.364. The number of tetrazole rings is 1. The molecule has 1 aliphatic carbocycles. The van der Waals surface area contributed by atoms with Crippen molar-refractivity contribution in [2.75, 3.05) is 11.4 Å². The highest BCUT2D eigenvalue weighted by Crippen LogP contribution is 2.33. The van der Waals surface area contributed by atoms with E-state index in [0.717, 1.165) is 36.7 Å². The van der Waals surface area contributed by atoms with Gasteiger partial charge in [-0.2, -0.15) is 18.4 Å². The van der Waals surface area contributed by atoms with Crippen LogP contribution in [0.5, 0.6) is 0 Å². The molecule has 0 radical (unpaired) electrons. The van der Waals surface area contributed by atoms with Crippen LogP contribution >= 0.6 is 11.6 Å². The monoisotopic (exact) mass is 478 g/mol. The average Bonchev–Trinajstić information content (AvgIpc) is 3.33. The SMILES string of the molecule is O=C(NC1CCC(CN(c2ccccc2)c2nn[nH]n2)CC1)c1cc(C(F)(F)F)ccc1Cl. The van der Waals surface area contributed by atoms with E-state index >= 15 is 0 Å². The summed E-state index contributed by atoms with van der Waals surface area (Å²) in [5.74, 6) is 0.220. The van der Waals surface area contributed by atoms with Crippen molar-refractivity contribution in [3.8, 4) is 0 Å². The molecule has 1 fully saturated rings. The first kappa shape index (κ1) is 23.0. The van der Waals surface area contributed by atoms with Gasteiger partial charge in [0.15, 0.2) is 0 Å². The number of H-pyrrole nitrogens is 1. The molecule has 1 saturated carbocycles. The van der Waals surface area contributed by atoms with Crippen molar-refractivity contribution in [3.05, 3.63) is 64.7 Å². The van der Waals surface area contributed by atoms with Gasteiger partial charge in [-0.15, -0.1) is 5.10 Å². The van der Waals surface area contributed by atoms with Crippen molar-refractivity contribution < 1.29 is 18.0 Å². The highest BCUT2D eigenvalue weighted by atomic mass is 35.5. The number of aromatic amines is 1. The zero-order valence-corrected chi connectivity index (χ0v) is 18.3. The number of anilines is 2. The number of aromatic nitrogens is 4. The molecule has 33 heavy (non-hydrogen) atoms. The summed E-state index contributed by atoms with van der Waals surface area (Å²) in [5, 5.41) is 17.2. The van der Waals surface area contributed by atoms with E-state index in [2.05, 4.69) is 25.9 Å². The Morgan fingerprint density at radius 3 is 2.48 bits per heavy atom. The zero-order valence-electron chi connectivity index (χ0n) is 17.5. The number of hydrogen-bond acceptors (Lipinski definition) is 5. The highest BCUT2D eigenvalue weighted by molar-refractivity contribution is 6.33. The second-order valence-electron chi connectivity index (χ2n) is 8.04. The van der Waals surface area contributed by atoms with Crippen molar-refractivity contribution in [1.29, 1.82) is 0 Å². The molecule has 0 bridgehead atoms. The molecular weight excluding hydrogens is 457 g/mol. The molecule has 0 atom stereocenters. The predicted octanol–water partition coefficient (Wildman–Crippen LogP) is 5.00. The standard InChI is InChI=1S/C22H22ClF3N6O/c23-19-11-8-15(22(24,25)26)12-18(19)20(33)27-16-9-6-14(7-10-16)13-32(21-28-30-31-29-21)17-4-2-1-3-5-17/h1-5,8,11-12,14,16H,6-7,9-10,13H2,(H,27,33)(H,28,29,30,31). The van der Waals surface area contributed by atoms with Gasteiger partial charge < -0.3 is 10.2 Å². The van der Waals surface area contributed by atoms with Crippen LogP contribution in [0.15, 0.2) is 48.5 Å². The Morgan fingerprint density at radius 2 is 1.85 bits per heavy atom. The molecule has 7 nitrogen and oxygen atoms in total. The molecule has 2 aromatic carbocycles. The summed E-state index contributed by atoms with van der Waals surface area (Å²) in [7, 11) is 0. The Labute approximate surface area is 193 Å². The molecule has 174 valence electrons. The van der Waals surface area contributed by atoms with E-state index in [0.29, 0.717) is 31.3 Å². The van der Waals surface area contributed by atoms with E-state index in [1.807, 2.05) is 35.2 Å². The van der Waals surface area contributed by atoms with Gasteiger partial charge in [0.05, 0.1) is 16.1 Å². The Bertz CT molecular complexity index is 1070. The van der Waals surface area contributed by atoms with Gasteiger partial charge in [-0.1, -0.05) is 34.9 Å². The van der Waals surface area contributed by atoms with E-state index < -0.39 is 17.6 Å². The zero-order chi connectivity index (χ0) is 23.4. The fourth-order valence-corrected chi connectivity index (χ4v) is 4.27. The Hall–Kier alpha value is -3.14. The van der Waals surface area contributed by atoms with E-state index in [9.17, 15) is 18.0 Å². The van der Waals surface area contributed by atoms with Crippen LogP contribution in [0.1, 0.15) is 41.6 Å². The summed E-state index contributed by atoms with van der Waals surface area (Å²) in [5.41, 5.74) is -0.113. The van der Waals surface area contributed by atoms with Crippen LogP contribution in [-0.4, -0.2) is 39.1 Å². The summed E-state index contributed by atoms with van der Waals surface area (Å²) < 4.78 is 39.0. The van der Waals surface area contributed by atoms with Gasteiger partial charge >= 0.3 is 6.18 Å². The number of carbonyl (C=O) groups excluding carboxylic acids is 1. The maximum absolute atomic E-state index is 13.0. The van der Waals surface area contributed by atoms with Gasteiger partial charge in [-0.05, 0) is 67.1 Å². The number of nitrogens with zero attached hydrogens (tertiary/aromatic N) is 4. The Morgan fingerprint density at radius 1 is 1.12 bits per heavy atom. The molecule has 1 aromatic heterocycles. The Kier molecular flexibility index (Phi) is 6.83. The molecule has 0 aliphatic heterocycles.